The molecule has 0 fully saturated rings. The second-order valence-corrected chi connectivity index (χ2v) is 8.63. The highest BCUT2D eigenvalue weighted by Gasteiger charge is 2.14. The van der Waals surface area contributed by atoms with Crippen LogP contribution in [0.15, 0.2) is 54.7 Å². The van der Waals surface area contributed by atoms with Crippen LogP contribution in [-0.4, -0.2) is 25.5 Å². The lowest BCUT2D eigenvalue weighted by Gasteiger charge is -2.08. The lowest BCUT2D eigenvalue weighted by atomic mass is 10.2. The van der Waals surface area contributed by atoms with Crippen molar-refractivity contribution in [2.75, 3.05) is 5.32 Å². The lowest BCUT2D eigenvalue weighted by molar-refractivity contribution is 0.101. The molecule has 33 heavy (non-hydrogen) atoms. The van der Waals surface area contributed by atoms with Gasteiger partial charge in [0.1, 0.15) is 5.75 Å². The van der Waals surface area contributed by atoms with Gasteiger partial charge in [0.15, 0.2) is 18.2 Å². The summed E-state index contributed by atoms with van der Waals surface area (Å²) in [5.41, 5.74) is 2.77. The van der Waals surface area contributed by atoms with Gasteiger partial charge in [0.2, 0.25) is 0 Å². The first-order chi connectivity index (χ1) is 15.8. The summed E-state index contributed by atoms with van der Waals surface area (Å²) in [5, 5.41) is 13.3. The number of aryl methyl sites for hydroxylation is 2. The number of nitrogens with zero attached hydrogens (tertiary/aromatic N) is 4. The van der Waals surface area contributed by atoms with Gasteiger partial charge in [0.25, 0.3) is 5.91 Å². The van der Waals surface area contributed by atoms with Gasteiger partial charge in [-0.1, -0.05) is 40.9 Å². The lowest BCUT2D eigenvalue weighted by Crippen LogP contribution is -2.15. The molecule has 0 unspecified atom stereocenters. The van der Waals surface area contributed by atoms with E-state index in [2.05, 4.69) is 15.5 Å². The van der Waals surface area contributed by atoms with Gasteiger partial charge in [-0.2, -0.15) is 10.2 Å². The van der Waals surface area contributed by atoms with Crippen LogP contribution in [0.3, 0.4) is 0 Å². The van der Waals surface area contributed by atoms with Crippen molar-refractivity contribution in [2.24, 2.45) is 0 Å². The number of nitrogens with one attached hydrogen (secondary N) is 1. The van der Waals surface area contributed by atoms with E-state index in [0.29, 0.717) is 33.2 Å². The average molecular weight is 505 g/mol. The third kappa shape index (κ3) is 5.50. The molecule has 4 rings (SSSR count). The van der Waals surface area contributed by atoms with E-state index in [1.54, 1.807) is 53.3 Å². The zero-order valence-electron chi connectivity index (χ0n) is 17.8. The monoisotopic (exact) mass is 503 g/mol. The van der Waals surface area contributed by atoms with Crippen molar-refractivity contribution in [3.63, 3.8) is 0 Å². The molecule has 170 valence electrons. The van der Waals surface area contributed by atoms with Gasteiger partial charge in [0, 0.05) is 38.6 Å². The quantitative estimate of drug-likeness (QED) is 0.335. The van der Waals surface area contributed by atoms with Gasteiger partial charge >= 0.3 is 0 Å². The summed E-state index contributed by atoms with van der Waals surface area (Å²) >= 11 is 18.6. The van der Waals surface area contributed by atoms with Crippen LogP contribution in [0.1, 0.15) is 27.3 Å². The number of ether oxygens (including phenoxy) is 1. The molecular formula is C23H20Cl3N5O2. The number of aromatic nitrogens is 4. The van der Waals surface area contributed by atoms with Crippen LogP contribution in [0.2, 0.25) is 15.1 Å². The minimum Gasteiger partial charge on any atom is -0.471 e. The molecule has 10 heteroatoms. The van der Waals surface area contributed by atoms with Crippen molar-refractivity contribution >= 4 is 46.5 Å². The highest BCUT2D eigenvalue weighted by atomic mass is 35.5. The zero-order chi connectivity index (χ0) is 23.5. The molecular weight excluding hydrogens is 485 g/mol. The largest absolute Gasteiger partial charge is 0.471 e. The molecule has 0 aliphatic heterocycles. The molecule has 0 bridgehead atoms. The molecule has 0 radical (unpaired) electrons. The Kier molecular flexibility index (Phi) is 6.93. The van der Waals surface area contributed by atoms with E-state index in [0.717, 1.165) is 16.8 Å². The number of halogens is 3. The summed E-state index contributed by atoms with van der Waals surface area (Å²) < 4.78 is 8.96. The summed E-state index contributed by atoms with van der Waals surface area (Å²) in [7, 11) is 0. The standard InChI is InChI=1S/C23H20Cl3N5O2/c1-14-10-16(6-7-18(14)24)33-13-30-9-8-21(28-30)23(32)27-22-11-15(2)31(29-22)12-17-19(25)4-3-5-20(17)26/h3-11H,12-13H2,1-2H3,(H,27,29,32). The number of benzene rings is 2. The minimum absolute atomic E-state index is 0.153. The van der Waals surface area contributed by atoms with E-state index in [4.69, 9.17) is 39.5 Å². The normalized spacial score (nSPS) is 10.9. The zero-order valence-corrected chi connectivity index (χ0v) is 20.1. The molecule has 1 N–H and O–H groups in total. The van der Waals surface area contributed by atoms with Crippen LogP contribution in [0, 0.1) is 13.8 Å². The van der Waals surface area contributed by atoms with E-state index in [9.17, 15) is 4.79 Å². The van der Waals surface area contributed by atoms with Crippen molar-refractivity contribution in [1.29, 1.82) is 0 Å². The molecule has 0 saturated heterocycles. The highest BCUT2D eigenvalue weighted by Crippen LogP contribution is 2.26. The summed E-state index contributed by atoms with van der Waals surface area (Å²) in [5.74, 6) is 0.692. The fourth-order valence-electron chi connectivity index (χ4n) is 3.15. The molecule has 7 nitrogen and oxygen atoms in total. The first-order valence-electron chi connectivity index (χ1n) is 10.0. The Hall–Kier alpha value is -3.00. The molecule has 0 atom stereocenters. The van der Waals surface area contributed by atoms with Crippen molar-refractivity contribution in [3.8, 4) is 5.75 Å². The van der Waals surface area contributed by atoms with Gasteiger partial charge < -0.3 is 10.1 Å². The van der Waals surface area contributed by atoms with Crippen molar-refractivity contribution < 1.29 is 9.53 Å². The molecule has 0 aliphatic carbocycles. The Morgan fingerprint density at radius 2 is 1.76 bits per heavy atom. The number of rotatable bonds is 7. The third-order valence-corrected chi connectivity index (χ3v) is 6.09. The second kappa shape index (κ2) is 9.87. The molecule has 1 amide bonds. The molecule has 0 spiro atoms. The van der Waals surface area contributed by atoms with Crippen molar-refractivity contribution in [3.05, 3.63) is 92.3 Å². The fourth-order valence-corrected chi connectivity index (χ4v) is 3.78. The minimum atomic E-state index is -0.378. The van der Waals surface area contributed by atoms with Gasteiger partial charge in [-0.3, -0.25) is 9.48 Å². The molecule has 0 saturated carbocycles. The summed E-state index contributed by atoms with van der Waals surface area (Å²) in [4.78, 5) is 12.6. The molecule has 0 aliphatic rings. The maximum atomic E-state index is 12.6. The van der Waals surface area contributed by atoms with Crippen molar-refractivity contribution in [2.45, 2.75) is 27.1 Å². The third-order valence-electron chi connectivity index (χ3n) is 4.96. The van der Waals surface area contributed by atoms with Crippen molar-refractivity contribution in [1.82, 2.24) is 19.6 Å². The first-order valence-corrected chi connectivity index (χ1v) is 11.1. The molecule has 2 aromatic heterocycles. The highest BCUT2D eigenvalue weighted by molar-refractivity contribution is 6.36. The van der Waals surface area contributed by atoms with E-state index in [-0.39, 0.29) is 18.3 Å². The van der Waals surface area contributed by atoms with Gasteiger partial charge in [-0.25, -0.2) is 4.68 Å². The number of carbonyl (C=O) groups is 1. The predicted octanol–water partition coefficient (Wildman–Crippen LogP) is 5.99. The van der Waals surface area contributed by atoms with E-state index in [1.807, 2.05) is 19.9 Å². The van der Waals surface area contributed by atoms with Gasteiger partial charge in [-0.05, 0) is 55.8 Å². The van der Waals surface area contributed by atoms with Crippen LogP contribution in [0.25, 0.3) is 0 Å². The number of amides is 1. The first kappa shape index (κ1) is 23.2. The Labute approximate surface area is 205 Å². The SMILES string of the molecule is Cc1cc(OCn2ccc(C(=O)Nc3cc(C)n(Cc4c(Cl)cccc4Cl)n3)n2)ccc1Cl. The smallest absolute Gasteiger partial charge is 0.277 e. The number of hydrogen-bond acceptors (Lipinski definition) is 4. The Bertz CT molecular complexity index is 1300. The maximum absolute atomic E-state index is 12.6. The maximum Gasteiger partial charge on any atom is 0.277 e. The van der Waals surface area contributed by atoms with E-state index >= 15 is 0 Å². The molecule has 4 aromatic rings. The van der Waals surface area contributed by atoms with E-state index < -0.39 is 0 Å². The predicted molar refractivity (Wildman–Crippen MR) is 130 cm³/mol. The topological polar surface area (TPSA) is 74.0 Å². The van der Waals surface area contributed by atoms with Crippen LogP contribution in [-0.2, 0) is 13.3 Å². The Morgan fingerprint density at radius 1 is 1.00 bits per heavy atom. The number of hydrogen-bond donors (Lipinski definition) is 1. The Morgan fingerprint density at radius 3 is 2.48 bits per heavy atom. The number of carbonyl (C=O) groups excluding carboxylic acids is 1. The van der Waals surface area contributed by atoms with Crippen LogP contribution in [0.5, 0.6) is 5.75 Å². The summed E-state index contributed by atoms with van der Waals surface area (Å²) in [6.45, 7) is 4.33. The van der Waals surface area contributed by atoms with E-state index in [1.165, 1.54) is 4.68 Å². The van der Waals surface area contributed by atoms with Crippen LogP contribution < -0.4 is 10.1 Å². The second-order valence-electron chi connectivity index (χ2n) is 7.41. The summed E-state index contributed by atoms with van der Waals surface area (Å²) in [6.07, 6.45) is 1.67. The van der Waals surface area contributed by atoms with Crippen LogP contribution >= 0.6 is 34.8 Å². The Balaban J connectivity index is 1.39. The number of anilines is 1. The van der Waals surface area contributed by atoms with Gasteiger partial charge in [-0.15, -0.1) is 0 Å². The fraction of sp³-hybridized carbons (Fsp3) is 0.174. The van der Waals surface area contributed by atoms with Gasteiger partial charge in [0.05, 0.1) is 6.54 Å². The van der Waals surface area contributed by atoms with Crippen LogP contribution in [0.4, 0.5) is 5.82 Å². The molecule has 2 heterocycles. The summed E-state index contributed by atoms with van der Waals surface area (Å²) in [6, 6.07) is 14.1. The molecule has 2 aromatic carbocycles. The average Bonchev–Trinajstić information content (AvgIpc) is 3.38.